The predicted octanol–water partition coefficient (Wildman–Crippen LogP) is 3.72. The van der Waals surface area contributed by atoms with Crippen LogP contribution in [0, 0.1) is 0 Å². The Hall–Kier alpha value is -2.17. The monoisotopic (exact) mass is 338 g/mol. The number of carbonyl (C=O) groups is 1. The first-order valence-corrected chi connectivity index (χ1v) is 8.94. The fourth-order valence-corrected chi connectivity index (χ4v) is 3.41. The Kier molecular flexibility index (Phi) is 5.51. The van der Waals surface area contributed by atoms with Crippen molar-refractivity contribution >= 4 is 11.6 Å². The molecule has 0 aromatic heterocycles. The van der Waals surface area contributed by atoms with Gasteiger partial charge in [0.15, 0.2) is 0 Å². The van der Waals surface area contributed by atoms with Gasteiger partial charge in [-0.15, -0.1) is 0 Å². The van der Waals surface area contributed by atoms with Gasteiger partial charge in [-0.1, -0.05) is 36.4 Å². The highest BCUT2D eigenvalue weighted by atomic mass is 16.3. The first kappa shape index (κ1) is 17.6. The molecule has 0 radical (unpaired) electrons. The van der Waals surface area contributed by atoms with Crippen LogP contribution < -0.4 is 10.2 Å². The maximum Gasteiger partial charge on any atom is 0.227 e. The zero-order valence-electron chi connectivity index (χ0n) is 14.9. The van der Waals surface area contributed by atoms with Crippen molar-refractivity contribution in [3.63, 3.8) is 0 Å². The van der Waals surface area contributed by atoms with Crippen LogP contribution in [-0.4, -0.2) is 17.6 Å². The molecule has 2 aromatic carbocycles. The third kappa shape index (κ3) is 4.09. The number of benzene rings is 2. The third-order valence-corrected chi connectivity index (χ3v) is 4.89. The third-order valence-electron chi connectivity index (χ3n) is 4.89. The number of nitrogens with one attached hydrogen (secondary N) is 1. The summed E-state index contributed by atoms with van der Waals surface area (Å²) in [5, 5.41) is 12.9. The highest BCUT2D eigenvalue weighted by Gasteiger charge is 2.22. The lowest BCUT2D eigenvalue weighted by atomic mass is 10.0. The number of nitrogens with zero attached hydrogens (tertiary/aromatic N) is 1. The van der Waals surface area contributed by atoms with Crippen LogP contribution in [-0.2, 0) is 11.4 Å². The van der Waals surface area contributed by atoms with Gasteiger partial charge in [-0.2, -0.15) is 0 Å². The summed E-state index contributed by atoms with van der Waals surface area (Å²) in [7, 11) is 0. The van der Waals surface area contributed by atoms with Crippen molar-refractivity contribution in [2.45, 2.75) is 45.4 Å². The van der Waals surface area contributed by atoms with Crippen LogP contribution in [0.15, 0.2) is 48.5 Å². The molecule has 3 rings (SSSR count). The Morgan fingerprint density at radius 3 is 2.40 bits per heavy atom. The number of aliphatic hydroxyl groups is 1. The number of anilines is 1. The Bertz CT molecular complexity index is 744. The van der Waals surface area contributed by atoms with E-state index in [1.54, 1.807) is 0 Å². The first-order valence-electron chi connectivity index (χ1n) is 8.94. The summed E-state index contributed by atoms with van der Waals surface area (Å²) in [6, 6.07) is 16.6. The number of carbonyl (C=O) groups excluding carboxylic acids is 1. The summed E-state index contributed by atoms with van der Waals surface area (Å²) >= 11 is 0. The van der Waals surface area contributed by atoms with Gasteiger partial charge in [0.05, 0.1) is 6.61 Å². The largest absolute Gasteiger partial charge is 0.392 e. The summed E-state index contributed by atoms with van der Waals surface area (Å²) in [5.74, 6) is 0.215. The summed E-state index contributed by atoms with van der Waals surface area (Å²) < 4.78 is 0. The maximum absolute atomic E-state index is 12.0. The smallest absolute Gasteiger partial charge is 0.227 e. The van der Waals surface area contributed by atoms with Gasteiger partial charge in [-0.25, -0.2) is 0 Å². The standard InChI is InChI=1S/C21H26N2O2/c1-15(18-7-3-6-17(12-18)14-24)22-16(2)19-8-4-9-20(13-19)23-11-5-10-21(23)25/h3-4,6-9,12-13,15-16,22,24H,5,10-11,14H2,1-2H3. The van der Waals surface area contributed by atoms with Gasteiger partial charge in [0.2, 0.25) is 5.91 Å². The Labute approximate surface area is 149 Å². The van der Waals surface area contributed by atoms with E-state index in [9.17, 15) is 9.90 Å². The average Bonchev–Trinajstić information content (AvgIpc) is 3.07. The molecule has 0 saturated carbocycles. The molecule has 2 N–H and O–H groups in total. The number of rotatable bonds is 6. The highest BCUT2D eigenvalue weighted by molar-refractivity contribution is 5.95. The van der Waals surface area contributed by atoms with Gasteiger partial charge in [-0.05, 0) is 49.1 Å². The molecule has 1 saturated heterocycles. The molecule has 0 aliphatic carbocycles. The van der Waals surface area contributed by atoms with Crippen molar-refractivity contribution in [2.75, 3.05) is 11.4 Å². The van der Waals surface area contributed by atoms with Crippen LogP contribution in [0.3, 0.4) is 0 Å². The van der Waals surface area contributed by atoms with Crippen molar-refractivity contribution < 1.29 is 9.90 Å². The molecule has 4 nitrogen and oxygen atoms in total. The zero-order chi connectivity index (χ0) is 17.8. The van der Waals surface area contributed by atoms with E-state index in [1.807, 2.05) is 35.2 Å². The quantitative estimate of drug-likeness (QED) is 0.844. The van der Waals surface area contributed by atoms with Gasteiger partial charge in [0, 0.05) is 30.7 Å². The lowest BCUT2D eigenvalue weighted by molar-refractivity contribution is -0.117. The van der Waals surface area contributed by atoms with E-state index in [0.29, 0.717) is 6.42 Å². The fraction of sp³-hybridized carbons (Fsp3) is 0.381. The van der Waals surface area contributed by atoms with E-state index in [-0.39, 0.29) is 24.6 Å². The van der Waals surface area contributed by atoms with Crippen LogP contribution in [0.4, 0.5) is 5.69 Å². The van der Waals surface area contributed by atoms with E-state index in [1.165, 1.54) is 5.56 Å². The number of aliphatic hydroxyl groups excluding tert-OH is 1. The molecular weight excluding hydrogens is 312 g/mol. The van der Waals surface area contributed by atoms with Crippen molar-refractivity contribution in [2.24, 2.45) is 0 Å². The molecule has 1 fully saturated rings. The number of amides is 1. The zero-order valence-corrected chi connectivity index (χ0v) is 14.9. The highest BCUT2D eigenvalue weighted by Crippen LogP contribution is 2.26. The van der Waals surface area contributed by atoms with Crippen LogP contribution in [0.1, 0.15) is 55.5 Å². The topological polar surface area (TPSA) is 52.6 Å². The molecule has 1 heterocycles. The minimum Gasteiger partial charge on any atom is -0.392 e. The van der Waals surface area contributed by atoms with Gasteiger partial charge >= 0.3 is 0 Å². The Morgan fingerprint density at radius 2 is 1.76 bits per heavy atom. The van der Waals surface area contributed by atoms with E-state index in [4.69, 9.17) is 0 Å². The summed E-state index contributed by atoms with van der Waals surface area (Å²) in [6.07, 6.45) is 1.59. The van der Waals surface area contributed by atoms with Crippen molar-refractivity contribution in [3.8, 4) is 0 Å². The molecule has 0 bridgehead atoms. The number of hydrogen-bond donors (Lipinski definition) is 2. The molecule has 4 heteroatoms. The molecule has 1 aliphatic heterocycles. The molecule has 2 aromatic rings. The summed E-state index contributed by atoms with van der Waals surface area (Å²) in [4.78, 5) is 13.8. The fourth-order valence-electron chi connectivity index (χ4n) is 3.41. The Morgan fingerprint density at radius 1 is 1.08 bits per heavy atom. The van der Waals surface area contributed by atoms with Crippen LogP contribution in [0.2, 0.25) is 0 Å². The van der Waals surface area contributed by atoms with Crippen molar-refractivity contribution in [1.82, 2.24) is 5.32 Å². The van der Waals surface area contributed by atoms with Crippen LogP contribution in [0.25, 0.3) is 0 Å². The molecule has 2 atom stereocenters. The maximum atomic E-state index is 12.0. The first-order chi connectivity index (χ1) is 12.1. The molecule has 1 aliphatic rings. The van der Waals surface area contributed by atoms with E-state index < -0.39 is 0 Å². The second kappa shape index (κ2) is 7.81. The lowest BCUT2D eigenvalue weighted by Gasteiger charge is -2.23. The summed E-state index contributed by atoms with van der Waals surface area (Å²) in [6.45, 7) is 5.13. The van der Waals surface area contributed by atoms with Crippen LogP contribution in [0.5, 0.6) is 0 Å². The second-order valence-corrected chi connectivity index (χ2v) is 6.76. The van der Waals surface area contributed by atoms with Crippen molar-refractivity contribution in [3.05, 3.63) is 65.2 Å². The van der Waals surface area contributed by atoms with Gasteiger partial charge in [0.1, 0.15) is 0 Å². The molecular formula is C21H26N2O2. The van der Waals surface area contributed by atoms with E-state index in [2.05, 4.69) is 37.4 Å². The molecule has 1 amide bonds. The normalized spacial score (nSPS) is 16.9. The SMILES string of the molecule is CC(NC(C)c1cccc(N2CCCC2=O)c1)c1cccc(CO)c1. The second-order valence-electron chi connectivity index (χ2n) is 6.76. The Balaban J connectivity index is 1.72. The lowest BCUT2D eigenvalue weighted by Crippen LogP contribution is -2.25. The van der Waals surface area contributed by atoms with Crippen LogP contribution >= 0.6 is 0 Å². The minimum atomic E-state index is 0.0576. The number of hydrogen-bond acceptors (Lipinski definition) is 3. The van der Waals surface area contributed by atoms with E-state index >= 15 is 0 Å². The molecule has 2 unspecified atom stereocenters. The van der Waals surface area contributed by atoms with E-state index in [0.717, 1.165) is 29.8 Å². The van der Waals surface area contributed by atoms with Gasteiger partial charge in [0.25, 0.3) is 0 Å². The predicted molar refractivity (Wildman–Crippen MR) is 100 cm³/mol. The molecule has 25 heavy (non-hydrogen) atoms. The average molecular weight is 338 g/mol. The summed E-state index contributed by atoms with van der Waals surface area (Å²) in [5.41, 5.74) is 4.24. The minimum absolute atomic E-state index is 0.0576. The molecule has 132 valence electrons. The van der Waals surface area contributed by atoms with Gasteiger partial charge in [-0.3, -0.25) is 4.79 Å². The van der Waals surface area contributed by atoms with Gasteiger partial charge < -0.3 is 15.3 Å². The molecule has 0 spiro atoms. The van der Waals surface area contributed by atoms with Crippen molar-refractivity contribution in [1.29, 1.82) is 0 Å².